The molecule has 8 nitrogen and oxygen atoms in total. The molecule has 2 heterocycles. The third-order valence-corrected chi connectivity index (χ3v) is 8.03. The number of unbranched alkanes of at least 4 members (excludes halogenated alkanes) is 1. The summed E-state index contributed by atoms with van der Waals surface area (Å²) in [7, 11) is 0. The predicted octanol–water partition coefficient (Wildman–Crippen LogP) is 5.84. The number of carbonyl (C=O) groups excluding carboxylic acids is 2. The Morgan fingerprint density at radius 2 is 1.71 bits per heavy atom. The second-order valence-corrected chi connectivity index (χ2v) is 11.0. The maximum atomic E-state index is 13.6. The molecular formula is C32H31F5N2O6. The fraction of sp³-hybridized carbons (Fsp3) is 0.375. The van der Waals surface area contributed by atoms with E-state index in [1.807, 2.05) is 18.2 Å². The Morgan fingerprint density at radius 3 is 2.42 bits per heavy atom. The number of ether oxygens (including phenoxy) is 3. The normalized spacial score (nSPS) is 19.2. The van der Waals surface area contributed by atoms with Crippen molar-refractivity contribution < 1.29 is 50.9 Å². The van der Waals surface area contributed by atoms with Crippen LogP contribution in [0.4, 0.5) is 26.7 Å². The molecule has 0 bridgehead atoms. The zero-order valence-electron chi connectivity index (χ0n) is 24.2. The highest BCUT2D eigenvalue weighted by Gasteiger charge is 2.61. The number of amides is 3. The number of alkyl halides is 5. The van der Waals surface area contributed by atoms with E-state index in [0.29, 0.717) is 36.3 Å². The number of aryl methyl sites for hydroxylation is 2. The molecule has 5 rings (SSSR count). The molecule has 0 aliphatic carbocycles. The highest BCUT2D eigenvalue weighted by atomic mass is 19.4. The minimum atomic E-state index is -5.61. The molecule has 2 aliphatic heterocycles. The molecule has 0 radical (unpaired) electrons. The smallest absolute Gasteiger partial charge is 0.427 e. The molecular weight excluding hydrogens is 603 g/mol. The van der Waals surface area contributed by atoms with Crippen LogP contribution in [0, 0.1) is 0 Å². The molecule has 2 N–H and O–H groups in total. The Balaban J connectivity index is 1.23. The summed E-state index contributed by atoms with van der Waals surface area (Å²) in [6.45, 7) is 1.82. The number of rotatable bonds is 12. The van der Waals surface area contributed by atoms with Crippen LogP contribution in [0.1, 0.15) is 42.0 Å². The van der Waals surface area contributed by atoms with Crippen molar-refractivity contribution in [2.45, 2.75) is 56.3 Å². The van der Waals surface area contributed by atoms with Crippen LogP contribution >= 0.6 is 0 Å². The number of aliphatic hydroxyl groups is 1. The molecule has 2 unspecified atom stereocenters. The van der Waals surface area contributed by atoms with Crippen molar-refractivity contribution in [2.75, 3.05) is 19.9 Å². The maximum absolute atomic E-state index is 13.6. The molecule has 240 valence electrons. The summed E-state index contributed by atoms with van der Waals surface area (Å²) in [4.78, 5) is 27.1. The fourth-order valence-electron chi connectivity index (χ4n) is 5.35. The topological polar surface area (TPSA) is 97.3 Å². The van der Waals surface area contributed by atoms with Gasteiger partial charge in [0, 0.05) is 6.54 Å². The molecule has 45 heavy (non-hydrogen) atoms. The zero-order chi connectivity index (χ0) is 32.4. The molecule has 2 atom stereocenters. The lowest BCUT2D eigenvalue weighted by Crippen LogP contribution is -2.48. The average Bonchev–Trinajstić information content (AvgIpc) is 3.57. The first-order chi connectivity index (χ1) is 21.3. The number of halogens is 5. The summed E-state index contributed by atoms with van der Waals surface area (Å²) in [5, 5.41) is 12.8. The van der Waals surface area contributed by atoms with E-state index >= 15 is 0 Å². The minimum Gasteiger partial charge on any atom is -0.493 e. The van der Waals surface area contributed by atoms with Crippen LogP contribution in [0.2, 0.25) is 0 Å². The van der Waals surface area contributed by atoms with Gasteiger partial charge < -0.3 is 24.6 Å². The van der Waals surface area contributed by atoms with Crippen LogP contribution in [0.25, 0.3) is 0 Å². The van der Waals surface area contributed by atoms with Gasteiger partial charge in [0.25, 0.3) is 12.3 Å². The first-order valence-electron chi connectivity index (χ1n) is 14.3. The predicted molar refractivity (Wildman–Crippen MR) is 151 cm³/mol. The number of imide groups is 1. The third kappa shape index (κ3) is 6.26. The number of hydrogen-bond acceptors (Lipinski definition) is 6. The Labute approximate surface area is 255 Å². The number of nitrogens with zero attached hydrogens (tertiary/aromatic N) is 1. The largest absolute Gasteiger partial charge is 0.493 e. The Hall–Kier alpha value is -4.39. The zero-order valence-corrected chi connectivity index (χ0v) is 24.2. The van der Waals surface area contributed by atoms with Crippen LogP contribution in [0.5, 0.6) is 17.2 Å². The Morgan fingerprint density at radius 1 is 0.978 bits per heavy atom. The summed E-state index contributed by atoms with van der Waals surface area (Å²) >= 11 is 0. The third-order valence-electron chi connectivity index (χ3n) is 8.03. The van der Waals surface area contributed by atoms with E-state index in [1.165, 1.54) is 0 Å². The first kappa shape index (κ1) is 32.0. The summed E-state index contributed by atoms with van der Waals surface area (Å²) in [6.07, 6.45) is -8.46. The molecule has 0 saturated carbocycles. The molecule has 13 heteroatoms. The molecule has 3 aromatic carbocycles. The van der Waals surface area contributed by atoms with Crippen LogP contribution in [-0.4, -0.2) is 54.5 Å². The number of benzene rings is 3. The van der Waals surface area contributed by atoms with Crippen molar-refractivity contribution in [3.8, 4) is 17.2 Å². The van der Waals surface area contributed by atoms with Crippen LogP contribution < -0.4 is 19.5 Å². The second-order valence-electron chi connectivity index (χ2n) is 11.0. The van der Waals surface area contributed by atoms with Crippen molar-refractivity contribution in [3.05, 3.63) is 89.0 Å². The number of nitrogens with one attached hydrogen (secondary N) is 1. The lowest BCUT2D eigenvalue weighted by molar-refractivity contribution is -0.305. The number of carbonyl (C=O) groups is 2. The van der Waals surface area contributed by atoms with E-state index in [-0.39, 0.29) is 37.7 Å². The van der Waals surface area contributed by atoms with Gasteiger partial charge in [-0.1, -0.05) is 42.5 Å². The molecule has 0 aromatic heterocycles. The van der Waals surface area contributed by atoms with E-state index in [0.717, 1.165) is 28.7 Å². The molecule has 0 spiro atoms. The van der Waals surface area contributed by atoms with Gasteiger partial charge in [-0.3, -0.25) is 9.69 Å². The summed E-state index contributed by atoms with van der Waals surface area (Å²) in [5.74, 6) is 0.750. The Bertz CT molecular complexity index is 1550. The van der Waals surface area contributed by atoms with Crippen molar-refractivity contribution >= 4 is 11.9 Å². The monoisotopic (exact) mass is 634 g/mol. The molecule has 1 saturated heterocycles. The van der Waals surface area contributed by atoms with E-state index in [2.05, 4.69) is 5.32 Å². The molecule has 1 fully saturated rings. The lowest BCUT2D eigenvalue weighted by atomic mass is 9.90. The van der Waals surface area contributed by atoms with Gasteiger partial charge >= 0.3 is 12.2 Å². The fourth-order valence-corrected chi connectivity index (χ4v) is 5.35. The standard InChI is InChI=1S/C32H31F5N2O6/c1-30(22-11-14-25-26(18-22)45-19-44-25)28(40)39(29(41)38-30)15-5-6-16-43-24-13-12-23(31(42,27(33)34)32(35,36)37)17-21(24)10-9-20-7-3-2-4-8-20/h2-4,7-8,11-14,17-18,27,42H,5-6,9-10,15-16,19H2,1H3,(H,38,41). The van der Waals surface area contributed by atoms with Gasteiger partial charge in [-0.15, -0.1) is 0 Å². The van der Waals surface area contributed by atoms with Crippen molar-refractivity contribution in [1.29, 1.82) is 0 Å². The second kappa shape index (κ2) is 12.5. The van der Waals surface area contributed by atoms with E-state index in [1.54, 1.807) is 37.3 Å². The van der Waals surface area contributed by atoms with E-state index in [4.69, 9.17) is 14.2 Å². The molecule has 2 aliphatic rings. The van der Waals surface area contributed by atoms with Gasteiger partial charge in [-0.25, -0.2) is 13.6 Å². The van der Waals surface area contributed by atoms with E-state index < -0.39 is 41.2 Å². The van der Waals surface area contributed by atoms with Crippen LogP contribution in [-0.2, 0) is 28.8 Å². The number of hydrogen-bond donors (Lipinski definition) is 2. The van der Waals surface area contributed by atoms with Gasteiger partial charge in [0.1, 0.15) is 11.3 Å². The summed E-state index contributed by atoms with van der Waals surface area (Å²) in [5.41, 5.74) is -5.01. The number of urea groups is 1. The minimum absolute atomic E-state index is 0.0636. The maximum Gasteiger partial charge on any atom is 0.427 e. The molecule has 3 aromatic rings. The van der Waals surface area contributed by atoms with Gasteiger partial charge in [0.05, 0.1) is 6.61 Å². The number of fused-ring (bicyclic) bond motifs is 1. The van der Waals surface area contributed by atoms with Gasteiger partial charge in [0.2, 0.25) is 12.4 Å². The van der Waals surface area contributed by atoms with E-state index in [9.17, 15) is 36.6 Å². The van der Waals surface area contributed by atoms with Crippen molar-refractivity contribution in [2.24, 2.45) is 0 Å². The summed E-state index contributed by atoms with van der Waals surface area (Å²) in [6, 6.07) is 16.3. The SMILES string of the molecule is CC1(c2ccc3c(c2)OCO3)NC(=O)N(CCCCOc2ccc(C(O)(C(F)F)C(F)(F)F)cc2CCc2ccccc2)C1=O. The molecule has 3 amide bonds. The quantitative estimate of drug-likeness (QED) is 0.148. The van der Waals surface area contributed by atoms with Crippen molar-refractivity contribution in [1.82, 2.24) is 10.2 Å². The van der Waals surface area contributed by atoms with Crippen molar-refractivity contribution in [3.63, 3.8) is 0 Å². The van der Waals surface area contributed by atoms with Crippen LogP contribution in [0.3, 0.4) is 0 Å². The van der Waals surface area contributed by atoms with Gasteiger partial charge in [0.15, 0.2) is 11.5 Å². The van der Waals surface area contributed by atoms with Crippen LogP contribution in [0.15, 0.2) is 66.7 Å². The first-order valence-corrected chi connectivity index (χ1v) is 14.3. The highest BCUT2D eigenvalue weighted by molar-refractivity contribution is 6.07. The average molecular weight is 635 g/mol. The Kier molecular flexibility index (Phi) is 8.92. The lowest BCUT2D eigenvalue weighted by Gasteiger charge is -2.30. The van der Waals surface area contributed by atoms with Gasteiger partial charge in [-0.05, 0) is 79.1 Å². The summed E-state index contributed by atoms with van der Waals surface area (Å²) < 4.78 is 84.3. The highest BCUT2D eigenvalue weighted by Crippen LogP contribution is 2.44. The van der Waals surface area contributed by atoms with Gasteiger partial charge in [-0.2, -0.15) is 13.2 Å².